The van der Waals surface area contributed by atoms with Crippen LogP contribution in [0.4, 0.5) is 5.69 Å². The van der Waals surface area contributed by atoms with Crippen LogP contribution in [-0.2, 0) is 16.4 Å². The Kier molecular flexibility index (Phi) is 5.11. The quantitative estimate of drug-likeness (QED) is 0.791. The van der Waals surface area contributed by atoms with Crippen molar-refractivity contribution in [3.05, 3.63) is 17.7 Å². The lowest BCUT2D eigenvalue weighted by atomic mass is 10.1. The topological polar surface area (TPSA) is 81.4 Å². The number of nitrogens with two attached hydrogens (primary N) is 1. The lowest BCUT2D eigenvalue weighted by Crippen LogP contribution is -2.34. The van der Waals surface area contributed by atoms with E-state index in [1.807, 2.05) is 13.8 Å². The van der Waals surface area contributed by atoms with Gasteiger partial charge in [0.15, 0.2) is 0 Å². The van der Waals surface area contributed by atoms with Crippen LogP contribution >= 0.6 is 0 Å². The minimum absolute atomic E-state index is 0.0549. The van der Waals surface area contributed by atoms with Gasteiger partial charge >= 0.3 is 0 Å². The Bertz CT molecular complexity index is 599. The van der Waals surface area contributed by atoms with E-state index in [-0.39, 0.29) is 10.9 Å². The van der Waals surface area contributed by atoms with E-state index in [2.05, 4.69) is 4.72 Å². The third-order valence-corrected chi connectivity index (χ3v) is 5.26. The first-order chi connectivity index (χ1) is 9.97. The van der Waals surface area contributed by atoms with E-state index in [1.165, 1.54) is 6.07 Å². The summed E-state index contributed by atoms with van der Waals surface area (Å²) in [5, 5.41) is 0. The molecule has 1 aliphatic heterocycles. The summed E-state index contributed by atoms with van der Waals surface area (Å²) in [7, 11) is -3.61. The van der Waals surface area contributed by atoms with Gasteiger partial charge in [0.25, 0.3) is 0 Å². The largest absolute Gasteiger partial charge is 0.492 e. The molecule has 0 amide bonds. The molecular formula is C15H24N2O3S. The van der Waals surface area contributed by atoms with Crippen LogP contribution < -0.4 is 15.2 Å². The van der Waals surface area contributed by atoms with Crippen LogP contribution in [0, 0.1) is 0 Å². The zero-order chi connectivity index (χ0) is 15.5. The monoisotopic (exact) mass is 312 g/mol. The van der Waals surface area contributed by atoms with Crippen LogP contribution in [0.5, 0.6) is 5.75 Å². The van der Waals surface area contributed by atoms with Gasteiger partial charge in [-0.1, -0.05) is 20.3 Å². The van der Waals surface area contributed by atoms with E-state index in [0.717, 1.165) is 37.7 Å². The van der Waals surface area contributed by atoms with Crippen LogP contribution in [-0.4, -0.2) is 21.1 Å². The maximum Gasteiger partial charge on any atom is 0.244 e. The van der Waals surface area contributed by atoms with Crippen LogP contribution in [0.15, 0.2) is 17.0 Å². The van der Waals surface area contributed by atoms with Crippen molar-refractivity contribution in [2.24, 2.45) is 0 Å². The molecule has 1 aromatic rings. The number of benzene rings is 1. The average Bonchev–Trinajstić information content (AvgIpc) is 2.45. The van der Waals surface area contributed by atoms with Crippen LogP contribution in [0.2, 0.25) is 0 Å². The fraction of sp³-hybridized carbons (Fsp3) is 0.600. The molecule has 0 saturated carbocycles. The second-order valence-corrected chi connectivity index (χ2v) is 7.16. The van der Waals surface area contributed by atoms with Crippen LogP contribution in [0.25, 0.3) is 0 Å². The van der Waals surface area contributed by atoms with Crippen molar-refractivity contribution in [1.29, 1.82) is 0 Å². The van der Waals surface area contributed by atoms with Crippen molar-refractivity contribution >= 4 is 15.7 Å². The molecule has 0 bridgehead atoms. The number of hydrogen-bond donors (Lipinski definition) is 2. The van der Waals surface area contributed by atoms with Crippen molar-refractivity contribution in [2.45, 2.75) is 56.9 Å². The number of hydrogen-bond acceptors (Lipinski definition) is 4. The minimum Gasteiger partial charge on any atom is -0.492 e. The number of nitrogens with one attached hydrogen (secondary N) is 1. The van der Waals surface area contributed by atoms with E-state index in [4.69, 9.17) is 10.5 Å². The zero-order valence-electron chi connectivity index (χ0n) is 12.7. The molecule has 6 heteroatoms. The maximum absolute atomic E-state index is 12.7. The normalized spacial score (nSPS) is 16.1. The number of anilines is 1. The Morgan fingerprint density at radius 2 is 2.14 bits per heavy atom. The van der Waals surface area contributed by atoms with Crippen molar-refractivity contribution in [3.8, 4) is 5.75 Å². The first-order valence-electron chi connectivity index (χ1n) is 7.55. The SMILES string of the molecule is CCCC(CC)NS(=O)(=O)c1cc(N)cc2c1OCCC2. The Morgan fingerprint density at radius 3 is 2.81 bits per heavy atom. The van der Waals surface area contributed by atoms with Gasteiger partial charge in [-0.05, 0) is 43.4 Å². The molecule has 0 fully saturated rings. The molecule has 118 valence electrons. The highest BCUT2D eigenvalue weighted by Gasteiger charge is 2.26. The Labute approximate surface area is 126 Å². The molecule has 0 saturated heterocycles. The first kappa shape index (κ1) is 16.1. The van der Waals surface area contributed by atoms with Crippen molar-refractivity contribution in [2.75, 3.05) is 12.3 Å². The zero-order valence-corrected chi connectivity index (χ0v) is 13.5. The minimum atomic E-state index is -3.61. The molecule has 0 spiro atoms. The molecule has 1 atom stereocenters. The molecule has 0 radical (unpaired) electrons. The van der Waals surface area contributed by atoms with Gasteiger partial charge in [-0.25, -0.2) is 13.1 Å². The van der Waals surface area contributed by atoms with Gasteiger partial charge in [-0.2, -0.15) is 0 Å². The Morgan fingerprint density at radius 1 is 1.38 bits per heavy atom. The second kappa shape index (κ2) is 6.66. The van der Waals surface area contributed by atoms with Crippen molar-refractivity contribution < 1.29 is 13.2 Å². The predicted molar refractivity (Wildman–Crippen MR) is 84.0 cm³/mol. The van der Waals surface area contributed by atoms with E-state index in [9.17, 15) is 8.42 Å². The fourth-order valence-corrected chi connectivity index (χ4v) is 4.22. The smallest absolute Gasteiger partial charge is 0.244 e. The average molecular weight is 312 g/mol. The third-order valence-electron chi connectivity index (χ3n) is 3.73. The second-order valence-electron chi connectivity index (χ2n) is 5.47. The number of aryl methyl sites for hydroxylation is 1. The summed E-state index contributed by atoms with van der Waals surface area (Å²) in [5.41, 5.74) is 7.19. The van der Waals surface area contributed by atoms with Gasteiger partial charge in [0, 0.05) is 11.7 Å². The lowest BCUT2D eigenvalue weighted by molar-refractivity contribution is 0.280. The Balaban J connectivity index is 2.37. The third kappa shape index (κ3) is 3.68. The maximum atomic E-state index is 12.7. The summed E-state index contributed by atoms with van der Waals surface area (Å²) in [5.74, 6) is 0.467. The Hall–Kier alpha value is -1.27. The van der Waals surface area contributed by atoms with Crippen LogP contribution in [0.1, 0.15) is 45.1 Å². The highest BCUT2D eigenvalue weighted by atomic mass is 32.2. The first-order valence-corrected chi connectivity index (χ1v) is 9.03. The lowest BCUT2D eigenvalue weighted by Gasteiger charge is -2.23. The number of rotatable bonds is 6. The van der Waals surface area contributed by atoms with E-state index in [1.54, 1.807) is 6.07 Å². The number of nitrogen functional groups attached to an aromatic ring is 1. The van der Waals surface area contributed by atoms with Gasteiger partial charge < -0.3 is 10.5 Å². The predicted octanol–water partition coefficient (Wildman–Crippen LogP) is 2.45. The molecule has 1 aromatic carbocycles. The standard InChI is InChI=1S/C15H24N2O3S/c1-3-6-13(4-2)17-21(18,19)14-10-12(16)9-11-7-5-8-20-15(11)14/h9-10,13,17H,3-8,16H2,1-2H3. The van der Waals surface area contributed by atoms with Gasteiger partial charge in [-0.15, -0.1) is 0 Å². The molecule has 0 aliphatic carbocycles. The highest BCUT2D eigenvalue weighted by Crippen LogP contribution is 2.34. The van der Waals surface area contributed by atoms with Gasteiger partial charge in [-0.3, -0.25) is 0 Å². The fourth-order valence-electron chi connectivity index (χ4n) is 2.65. The van der Waals surface area contributed by atoms with Gasteiger partial charge in [0.05, 0.1) is 6.61 Å². The van der Waals surface area contributed by atoms with E-state index < -0.39 is 10.0 Å². The van der Waals surface area contributed by atoms with Gasteiger partial charge in [0.1, 0.15) is 10.6 Å². The number of fused-ring (bicyclic) bond motifs is 1. The molecule has 5 nitrogen and oxygen atoms in total. The van der Waals surface area contributed by atoms with E-state index >= 15 is 0 Å². The molecule has 2 rings (SSSR count). The molecule has 0 aromatic heterocycles. The van der Waals surface area contributed by atoms with Crippen molar-refractivity contribution in [1.82, 2.24) is 4.72 Å². The summed E-state index contributed by atoms with van der Waals surface area (Å²) in [6.07, 6.45) is 4.21. The summed E-state index contributed by atoms with van der Waals surface area (Å²) in [6.45, 7) is 4.57. The molecule has 3 N–H and O–H groups in total. The molecule has 1 unspecified atom stereocenters. The molecular weight excluding hydrogens is 288 g/mol. The van der Waals surface area contributed by atoms with Gasteiger partial charge in [0.2, 0.25) is 10.0 Å². The van der Waals surface area contributed by atoms with E-state index in [0.29, 0.717) is 18.0 Å². The highest BCUT2D eigenvalue weighted by molar-refractivity contribution is 7.89. The van der Waals surface area contributed by atoms with Crippen molar-refractivity contribution in [3.63, 3.8) is 0 Å². The molecule has 1 heterocycles. The number of ether oxygens (including phenoxy) is 1. The van der Waals surface area contributed by atoms with Crippen LogP contribution in [0.3, 0.4) is 0 Å². The number of sulfonamides is 1. The summed E-state index contributed by atoms with van der Waals surface area (Å²) >= 11 is 0. The molecule has 21 heavy (non-hydrogen) atoms. The molecule has 1 aliphatic rings. The summed E-state index contributed by atoms with van der Waals surface area (Å²) in [4.78, 5) is 0.173. The summed E-state index contributed by atoms with van der Waals surface area (Å²) in [6, 6.07) is 3.24. The summed E-state index contributed by atoms with van der Waals surface area (Å²) < 4.78 is 33.7.